The highest BCUT2D eigenvalue weighted by Gasteiger charge is 2.08. The van der Waals surface area contributed by atoms with Crippen molar-refractivity contribution >= 4 is 17.3 Å². The van der Waals surface area contributed by atoms with Crippen LogP contribution in [-0.4, -0.2) is 20.0 Å². The zero-order valence-corrected chi connectivity index (χ0v) is 11.8. The molecule has 104 valence electrons. The number of benzene rings is 2. The van der Waals surface area contributed by atoms with Crippen molar-refractivity contribution in [3.8, 4) is 0 Å². The largest absolute Gasteiger partial charge is 0.378 e. The second kappa shape index (κ2) is 5.74. The summed E-state index contributed by atoms with van der Waals surface area (Å²) in [5.74, 6) is -0.513. The number of rotatable bonds is 3. The fourth-order valence-corrected chi connectivity index (χ4v) is 1.87. The molecule has 2 aromatic rings. The number of carbonyl (C=O) groups is 1. The molecular weight excluding hydrogens is 255 g/mol. The van der Waals surface area contributed by atoms with Crippen LogP contribution in [0.15, 0.2) is 42.5 Å². The van der Waals surface area contributed by atoms with Gasteiger partial charge in [-0.25, -0.2) is 4.39 Å². The summed E-state index contributed by atoms with van der Waals surface area (Å²) in [5, 5.41) is 2.78. The monoisotopic (exact) mass is 272 g/mol. The zero-order valence-electron chi connectivity index (χ0n) is 11.8. The van der Waals surface area contributed by atoms with E-state index in [-0.39, 0.29) is 11.7 Å². The van der Waals surface area contributed by atoms with Crippen molar-refractivity contribution in [1.82, 2.24) is 0 Å². The fourth-order valence-electron chi connectivity index (χ4n) is 1.87. The van der Waals surface area contributed by atoms with Crippen LogP contribution in [0.4, 0.5) is 15.8 Å². The van der Waals surface area contributed by atoms with E-state index in [4.69, 9.17) is 0 Å². The van der Waals surface area contributed by atoms with Gasteiger partial charge in [-0.15, -0.1) is 0 Å². The molecule has 0 bridgehead atoms. The molecule has 0 aliphatic heterocycles. The van der Waals surface area contributed by atoms with Gasteiger partial charge >= 0.3 is 0 Å². The lowest BCUT2D eigenvalue weighted by Crippen LogP contribution is -2.13. The highest BCUT2D eigenvalue weighted by molar-refractivity contribution is 6.04. The van der Waals surface area contributed by atoms with E-state index in [9.17, 15) is 9.18 Å². The van der Waals surface area contributed by atoms with E-state index in [1.807, 2.05) is 31.1 Å². The number of anilines is 2. The van der Waals surface area contributed by atoms with Gasteiger partial charge in [0, 0.05) is 31.0 Å². The number of aryl methyl sites for hydroxylation is 1. The van der Waals surface area contributed by atoms with Gasteiger partial charge in [0.2, 0.25) is 0 Å². The lowest BCUT2D eigenvalue weighted by molar-refractivity contribution is 0.102. The summed E-state index contributed by atoms with van der Waals surface area (Å²) in [6.45, 7) is 1.76. The molecule has 0 aromatic heterocycles. The van der Waals surface area contributed by atoms with Gasteiger partial charge < -0.3 is 10.2 Å². The molecule has 1 N–H and O–H groups in total. The standard InChI is InChI=1S/C16H17FN2O/c1-11-10-13(17)6-9-15(11)18-16(20)12-4-7-14(8-5-12)19(2)3/h4-10H,1-3H3,(H,18,20). The summed E-state index contributed by atoms with van der Waals surface area (Å²) in [7, 11) is 3.88. The molecular formula is C16H17FN2O. The van der Waals surface area contributed by atoms with Crippen LogP contribution in [0.2, 0.25) is 0 Å². The molecule has 0 saturated carbocycles. The van der Waals surface area contributed by atoms with Gasteiger partial charge in [0.1, 0.15) is 5.82 Å². The van der Waals surface area contributed by atoms with Crippen LogP contribution >= 0.6 is 0 Å². The Morgan fingerprint density at radius 3 is 2.30 bits per heavy atom. The van der Waals surface area contributed by atoms with Crippen LogP contribution in [0.1, 0.15) is 15.9 Å². The van der Waals surface area contributed by atoms with Crippen LogP contribution in [-0.2, 0) is 0 Å². The molecule has 0 saturated heterocycles. The SMILES string of the molecule is Cc1cc(F)ccc1NC(=O)c1ccc(N(C)C)cc1. The molecule has 2 aromatic carbocycles. The molecule has 0 radical (unpaired) electrons. The summed E-state index contributed by atoms with van der Waals surface area (Å²) < 4.78 is 13.0. The van der Waals surface area contributed by atoms with E-state index in [0.29, 0.717) is 16.8 Å². The Balaban J connectivity index is 2.15. The first-order chi connectivity index (χ1) is 9.47. The first kappa shape index (κ1) is 14.1. The van der Waals surface area contributed by atoms with Gasteiger partial charge in [-0.1, -0.05) is 0 Å². The molecule has 0 spiro atoms. The molecule has 0 aliphatic rings. The normalized spacial score (nSPS) is 10.2. The van der Waals surface area contributed by atoms with E-state index in [2.05, 4.69) is 5.32 Å². The van der Waals surface area contributed by atoms with Crippen molar-refractivity contribution in [2.45, 2.75) is 6.92 Å². The van der Waals surface area contributed by atoms with Crippen LogP contribution in [0, 0.1) is 12.7 Å². The molecule has 2 rings (SSSR count). The molecule has 0 unspecified atom stereocenters. The van der Waals surface area contributed by atoms with Gasteiger partial charge in [-0.05, 0) is 55.0 Å². The molecule has 4 heteroatoms. The summed E-state index contributed by atoms with van der Waals surface area (Å²) in [6, 6.07) is 11.6. The number of carbonyl (C=O) groups excluding carboxylic acids is 1. The third-order valence-corrected chi connectivity index (χ3v) is 3.08. The minimum Gasteiger partial charge on any atom is -0.378 e. The predicted molar refractivity (Wildman–Crippen MR) is 79.9 cm³/mol. The van der Waals surface area contributed by atoms with Crippen molar-refractivity contribution in [2.24, 2.45) is 0 Å². The van der Waals surface area contributed by atoms with Gasteiger partial charge in [0.05, 0.1) is 0 Å². The van der Waals surface area contributed by atoms with Crippen LogP contribution in [0.3, 0.4) is 0 Å². The number of hydrogen-bond donors (Lipinski definition) is 1. The minimum atomic E-state index is -0.309. The Morgan fingerprint density at radius 2 is 1.75 bits per heavy atom. The van der Waals surface area contributed by atoms with E-state index >= 15 is 0 Å². The molecule has 1 amide bonds. The highest BCUT2D eigenvalue weighted by Crippen LogP contribution is 2.18. The zero-order chi connectivity index (χ0) is 14.7. The minimum absolute atomic E-state index is 0.204. The predicted octanol–water partition coefficient (Wildman–Crippen LogP) is 3.45. The number of hydrogen-bond acceptors (Lipinski definition) is 2. The molecule has 0 fully saturated rings. The summed E-state index contributed by atoms with van der Waals surface area (Å²) in [5.41, 5.74) is 2.91. The maximum absolute atomic E-state index is 13.0. The molecule has 0 aliphatic carbocycles. The van der Waals surface area contributed by atoms with Gasteiger partial charge in [-0.3, -0.25) is 4.79 Å². The second-order valence-electron chi connectivity index (χ2n) is 4.85. The van der Waals surface area contributed by atoms with Crippen molar-refractivity contribution in [1.29, 1.82) is 0 Å². The molecule has 0 atom stereocenters. The van der Waals surface area contributed by atoms with Gasteiger partial charge in [-0.2, -0.15) is 0 Å². The van der Waals surface area contributed by atoms with Gasteiger partial charge in [0.25, 0.3) is 5.91 Å². The van der Waals surface area contributed by atoms with E-state index in [1.54, 1.807) is 25.1 Å². The average molecular weight is 272 g/mol. The van der Waals surface area contributed by atoms with Crippen molar-refractivity contribution < 1.29 is 9.18 Å². The summed E-state index contributed by atoms with van der Waals surface area (Å²) >= 11 is 0. The molecule has 20 heavy (non-hydrogen) atoms. The van der Waals surface area contributed by atoms with Crippen molar-refractivity contribution in [3.05, 3.63) is 59.4 Å². The quantitative estimate of drug-likeness (QED) is 0.928. The maximum Gasteiger partial charge on any atom is 0.255 e. The fraction of sp³-hybridized carbons (Fsp3) is 0.188. The Kier molecular flexibility index (Phi) is 4.03. The Morgan fingerprint density at radius 1 is 1.10 bits per heavy atom. The van der Waals surface area contributed by atoms with Crippen LogP contribution < -0.4 is 10.2 Å². The smallest absolute Gasteiger partial charge is 0.255 e. The van der Waals surface area contributed by atoms with Crippen LogP contribution in [0.5, 0.6) is 0 Å². The lowest BCUT2D eigenvalue weighted by atomic mass is 10.1. The number of halogens is 1. The van der Waals surface area contributed by atoms with Crippen molar-refractivity contribution in [2.75, 3.05) is 24.3 Å². The molecule has 3 nitrogen and oxygen atoms in total. The summed E-state index contributed by atoms with van der Waals surface area (Å²) in [4.78, 5) is 14.1. The first-order valence-corrected chi connectivity index (χ1v) is 6.32. The van der Waals surface area contributed by atoms with E-state index < -0.39 is 0 Å². The van der Waals surface area contributed by atoms with Crippen molar-refractivity contribution in [3.63, 3.8) is 0 Å². The Labute approximate surface area is 118 Å². The molecule has 0 heterocycles. The Hall–Kier alpha value is -2.36. The number of nitrogens with zero attached hydrogens (tertiary/aromatic N) is 1. The Bertz CT molecular complexity index is 621. The van der Waals surface area contributed by atoms with Gasteiger partial charge in [0.15, 0.2) is 0 Å². The third kappa shape index (κ3) is 3.15. The summed E-state index contributed by atoms with van der Waals surface area (Å²) in [6.07, 6.45) is 0. The highest BCUT2D eigenvalue weighted by atomic mass is 19.1. The first-order valence-electron chi connectivity index (χ1n) is 6.32. The average Bonchev–Trinajstić information content (AvgIpc) is 2.42. The topological polar surface area (TPSA) is 32.3 Å². The third-order valence-electron chi connectivity index (χ3n) is 3.08. The number of nitrogens with one attached hydrogen (secondary N) is 1. The maximum atomic E-state index is 13.0. The van der Waals surface area contributed by atoms with E-state index in [0.717, 1.165) is 5.69 Å². The number of amides is 1. The second-order valence-corrected chi connectivity index (χ2v) is 4.85. The van der Waals surface area contributed by atoms with E-state index in [1.165, 1.54) is 12.1 Å². The lowest BCUT2D eigenvalue weighted by Gasteiger charge is -2.13. The van der Waals surface area contributed by atoms with Crippen LogP contribution in [0.25, 0.3) is 0 Å².